The molecule has 0 aliphatic rings. The monoisotopic (exact) mass is 1620 g/mol. The normalized spacial score (nSPS) is 12.1. The van der Waals surface area contributed by atoms with Gasteiger partial charge in [-0.1, -0.05) is 304 Å². The molecule has 0 amide bonds. The van der Waals surface area contributed by atoms with Crippen LogP contribution >= 0.6 is 0 Å². The van der Waals surface area contributed by atoms with E-state index < -0.39 is 5.76 Å². The second kappa shape index (κ2) is 38.1. The van der Waals surface area contributed by atoms with Crippen molar-refractivity contribution in [3.05, 3.63) is 316 Å². The number of aryl methyl sites for hydroxylation is 1. The van der Waals surface area contributed by atoms with Crippen LogP contribution in [0, 0.1) is 6.92 Å². The average Bonchev–Trinajstić information content (AvgIpc) is 1.73. The molecule has 9 aromatic carbocycles. The lowest BCUT2D eigenvalue weighted by atomic mass is 9.85. The summed E-state index contributed by atoms with van der Waals surface area (Å²) in [7, 11) is 0. The van der Waals surface area contributed by atoms with Crippen molar-refractivity contribution in [1.29, 1.82) is 0 Å². The first kappa shape index (κ1) is 93.4. The molecule has 9 N–H and O–H groups in total. The van der Waals surface area contributed by atoms with Gasteiger partial charge in [0.25, 0.3) is 0 Å². The third-order valence-electron chi connectivity index (χ3n) is 21.7. The lowest BCUT2D eigenvalue weighted by Gasteiger charge is -2.19. The minimum Gasteiger partial charge on any atom is -0.408 e. The van der Waals surface area contributed by atoms with Crippen LogP contribution in [0.1, 0.15) is 257 Å². The third kappa shape index (κ3) is 25.3. The van der Waals surface area contributed by atoms with Crippen molar-refractivity contribution in [2.45, 2.75) is 256 Å². The number of aromatic amines is 9. The molecule has 9 aromatic heterocycles. The fourth-order valence-electron chi connectivity index (χ4n) is 14.3. The summed E-state index contributed by atoms with van der Waals surface area (Å²) in [5.41, 5.74) is 26.5. The molecule has 9 heterocycles. The molecule has 0 radical (unpaired) electrons. The Balaban J connectivity index is 0.000000154. The van der Waals surface area contributed by atoms with Crippen molar-refractivity contribution < 1.29 is 4.42 Å². The van der Waals surface area contributed by atoms with Crippen LogP contribution in [0.3, 0.4) is 0 Å². The second-order valence-electron chi connectivity index (χ2n) is 41.0. The molecule has 0 atom stereocenters. The van der Waals surface area contributed by atoms with E-state index >= 15 is 0 Å². The Labute approximate surface area is 720 Å². The summed E-state index contributed by atoms with van der Waals surface area (Å²) in [5.74, 6) is -0.397. The molecule has 18 aromatic rings. The molecule has 121 heavy (non-hydrogen) atoms. The first-order chi connectivity index (χ1) is 56.5. The summed E-state index contributed by atoms with van der Waals surface area (Å²) in [4.78, 5) is 36.4. The Kier molecular flexibility index (Phi) is 29.4. The summed E-state index contributed by atoms with van der Waals surface area (Å²) in [6, 6.07) is 72.9. The van der Waals surface area contributed by atoms with Crippen molar-refractivity contribution >= 4 is 98.3 Å². The smallest absolute Gasteiger partial charge is 0.408 e. The number of para-hydroxylation sites is 2. The lowest BCUT2D eigenvalue weighted by molar-refractivity contribution is 0.550. The summed E-state index contributed by atoms with van der Waals surface area (Å²) >= 11 is 0. The number of hydrogen-bond donors (Lipinski definition) is 9. The number of H-pyrrole nitrogens is 9. The maximum absolute atomic E-state index is 10.9. The Morgan fingerprint density at radius 1 is 0.264 bits per heavy atom. The van der Waals surface area contributed by atoms with E-state index in [-0.39, 0.29) is 48.7 Å². The maximum Gasteiger partial charge on any atom is 0.417 e. The highest BCUT2D eigenvalue weighted by Gasteiger charge is 2.23. The maximum atomic E-state index is 10.9. The van der Waals surface area contributed by atoms with Gasteiger partial charge in [-0.2, -0.15) is 5.10 Å². The molecule has 12 heteroatoms. The predicted molar refractivity (Wildman–Crippen MR) is 525 cm³/mol. The zero-order chi connectivity index (χ0) is 89.0. The van der Waals surface area contributed by atoms with E-state index in [1.807, 2.05) is 75.4 Å². The van der Waals surface area contributed by atoms with Gasteiger partial charge in [-0.05, 0) is 241 Å². The lowest BCUT2D eigenvalue weighted by Crippen LogP contribution is -2.11. The van der Waals surface area contributed by atoms with E-state index in [9.17, 15) is 4.79 Å². The standard InChI is InChI=1S/C13H17N.6C12H15N.C11H14N2.C11H13NO2.C2H6/c1-9-7-10-8-11(13(2,3)4)5-6-12(10)14-9;1-12(2,3)10-4-5-11-9(8-10)6-7-13-11;2*1-12(2,3)10-5-4-9-6-7-13-11(9)8-10;1-12(2,3)10-5-4-6-11-9(10)7-8-13-11;2*1-12(2,3)10-6-4-5-9-7-8-13-11(9)10;1-11(2,3)9-5-4-8-7-12-13-10(8)6-9;1-11(2,3)7-4-5-8-9(6-7)14-10(13)12-8;1-2/h5-8,14H,1-4H3;6*4-8,13H,1-3H3;4-7H,1-3H3,(H,12,13);4-6H,1-3H3,(H,12,13);1-2H3. The molecule has 0 fully saturated rings. The van der Waals surface area contributed by atoms with Crippen molar-refractivity contribution in [3.8, 4) is 0 Å². The zero-order valence-electron chi connectivity index (χ0n) is 78.4. The SMILES string of the molecule is CC.CC(C)(C)c1ccc2[nH]c(=O)oc2c1.CC(C)(C)c1ccc2[nH]ccc2c1.CC(C)(C)c1ccc2cc[nH]c2c1.CC(C)(C)c1ccc2cc[nH]c2c1.CC(C)(C)c1ccc2cn[nH]c2c1.CC(C)(C)c1cccc2[nH]ccc12.CC(C)(C)c1cccc2cc[nH]c12.CC(C)(C)c1cccc2cc[nH]c12.Cc1cc2cc(C(C)(C)C)ccc2[nH]1. The quantitative estimate of drug-likeness (QED) is 0.0733. The molecule has 0 aliphatic heterocycles. The van der Waals surface area contributed by atoms with Gasteiger partial charge >= 0.3 is 5.76 Å². The van der Waals surface area contributed by atoms with Gasteiger partial charge in [-0.15, -0.1) is 0 Å². The van der Waals surface area contributed by atoms with Crippen LogP contribution in [0.15, 0.2) is 259 Å². The Hall–Kier alpha value is -11.5. The molecule has 18 rings (SSSR count). The van der Waals surface area contributed by atoms with Crippen LogP contribution in [-0.2, 0) is 48.7 Å². The van der Waals surface area contributed by atoms with Gasteiger partial charge in [0.05, 0.1) is 17.2 Å². The van der Waals surface area contributed by atoms with Crippen molar-refractivity contribution in [1.82, 2.24) is 50.1 Å². The van der Waals surface area contributed by atoms with Crippen LogP contribution in [0.5, 0.6) is 0 Å². The fourth-order valence-corrected chi connectivity index (χ4v) is 14.3. The molecular weight excluding hydrogens is 1480 g/mol. The molecule has 638 valence electrons. The largest absolute Gasteiger partial charge is 0.417 e. The van der Waals surface area contributed by atoms with Crippen molar-refractivity contribution in [2.75, 3.05) is 0 Å². The number of oxazole rings is 1. The van der Waals surface area contributed by atoms with Crippen molar-refractivity contribution in [2.24, 2.45) is 0 Å². The van der Waals surface area contributed by atoms with Crippen LogP contribution in [0.2, 0.25) is 0 Å². The number of fused-ring (bicyclic) bond motifs is 9. The van der Waals surface area contributed by atoms with Crippen LogP contribution in [-0.4, -0.2) is 50.1 Å². The van der Waals surface area contributed by atoms with Gasteiger partial charge in [-0.3, -0.25) is 10.1 Å². The summed E-state index contributed by atoms with van der Waals surface area (Å²) in [5, 5.41) is 17.3. The number of benzene rings is 9. The van der Waals surface area contributed by atoms with Gasteiger partial charge in [0, 0.05) is 92.3 Å². The van der Waals surface area contributed by atoms with Gasteiger partial charge in [0.1, 0.15) is 0 Å². The van der Waals surface area contributed by atoms with Crippen molar-refractivity contribution in [3.63, 3.8) is 0 Å². The Morgan fingerprint density at radius 3 is 1.09 bits per heavy atom. The molecule has 0 saturated carbocycles. The zero-order valence-corrected chi connectivity index (χ0v) is 78.4. The number of rotatable bonds is 0. The highest BCUT2D eigenvalue weighted by Crippen LogP contribution is 2.35. The molecule has 0 saturated heterocycles. The molecule has 0 aliphatic carbocycles. The van der Waals surface area contributed by atoms with E-state index in [4.69, 9.17) is 4.42 Å². The van der Waals surface area contributed by atoms with Gasteiger partial charge in [-0.25, -0.2) is 4.79 Å². The Bertz CT molecular complexity index is 5830. The molecule has 0 spiro atoms. The predicted octanol–water partition coefficient (Wildman–Crippen LogP) is 30.9. The summed E-state index contributed by atoms with van der Waals surface area (Å²) in [6.07, 6.45) is 13.8. The van der Waals surface area contributed by atoms with E-state index in [2.05, 4.69) is 432 Å². The average molecular weight is 1620 g/mol. The molecular formula is C109H140N10O2. The van der Waals surface area contributed by atoms with E-state index in [1.54, 1.807) is 0 Å². The first-order valence-corrected chi connectivity index (χ1v) is 43.1. The van der Waals surface area contributed by atoms with Crippen LogP contribution in [0.25, 0.3) is 98.3 Å². The highest BCUT2D eigenvalue weighted by molar-refractivity contribution is 5.87. The fraction of sp³-hybridized carbons (Fsp3) is 0.358. The van der Waals surface area contributed by atoms with E-state index in [0.717, 1.165) is 16.6 Å². The van der Waals surface area contributed by atoms with Gasteiger partial charge in [0.2, 0.25) is 0 Å². The minimum absolute atomic E-state index is 0.0734. The van der Waals surface area contributed by atoms with Crippen LogP contribution < -0.4 is 5.76 Å². The first-order valence-electron chi connectivity index (χ1n) is 43.1. The summed E-state index contributed by atoms with van der Waals surface area (Å²) < 4.78 is 4.99. The Morgan fingerprint density at radius 2 is 0.620 bits per heavy atom. The van der Waals surface area contributed by atoms with Gasteiger partial charge in [0.15, 0.2) is 5.58 Å². The topological polar surface area (TPSA) is 185 Å². The van der Waals surface area contributed by atoms with Gasteiger partial charge < -0.3 is 39.3 Å². The van der Waals surface area contributed by atoms with E-state index in [1.165, 1.54) is 132 Å². The molecule has 12 nitrogen and oxygen atoms in total. The number of nitrogens with one attached hydrogen (secondary N) is 9. The number of hydrogen-bond acceptors (Lipinski definition) is 3. The minimum atomic E-state index is -0.397. The highest BCUT2D eigenvalue weighted by atomic mass is 16.4. The van der Waals surface area contributed by atoms with E-state index in [0.29, 0.717) is 5.58 Å². The number of aromatic nitrogens is 10. The summed E-state index contributed by atoms with van der Waals surface area (Å²) in [6.45, 7) is 66.1. The molecule has 0 bridgehead atoms. The second-order valence-corrected chi connectivity index (χ2v) is 41.0. The third-order valence-corrected chi connectivity index (χ3v) is 21.7. The molecule has 0 unspecified atom stereocenters. The van der Waals surface area contributed by atoms with Crippen LogP contribution in [0.4, 0.5) is 0 Å². The number of nitrogens with zero attached hydrogens (tertiary/aromatic N) is 1.